The van der Waals surface area contributed by atoms with Crippen LogP contribution < -0.4 is 0 Å². The first-order valence-corrected chi connectivity index (χ1v) is 20.8. The zero-order chi connectivity index (χ0) is 40.3. The van der Waals surface area contributed by atoms with Crippen LogP contribution >= 0.6 is 0 Å². The molecule has 0 aliphatic carbocycles. The van der Waals surface area contributed by atoms with Gasteiger partial charge >= 0.3 is 0 Å². The maximum Gasteiger partial charge on any atom is 0.160 e. The van der Waals surface area contributed by atoms with Crippen LogP contribution in [0.15, 0.2) is 224 Å². The van der Waals surface area contributed by atoms with Crippen LogP contribution in [0.4, 0.5) is 0 Å². The second-order valence-corrected chi connectivity index (χ2v) is 15.7. The fourth-order valence-electron chi connectivity index (χ4n) is 9.34. The molecule has 0 aliphatic rings. The van der Waals surface area contributed by atoms with Gasteiger partial charge in [0.1, 0.15) is 0 Å². The molecule has 0 fully saturated rings. The minimum Gasteiger partial charge on any atom is -0.309 e. The average Bonchev–Trinajstić information content (AvgIpc) is 3.67. The minimum atomic E-state index is 0.680. The normalized spacial score (nSPS) is 11.6. The van der Waals surface area contributed by atoms with Crippen molar-refractivity contribution in [2.45, 2.75) is 0 Å². The summed E-state index contributed by atoms with van der Waals surface area (Å²) in [5.74, 6) is 0.680. The van der Waals surface area contributed by atoms with Gasteiger partial charge in [0.15, 0.2) is 5.82 Å². The Morgan fingerprint density at radius 1 is 0.295 bits per heavy atom. The summed E-state index contributed by atoms with van der Waals surface area (Å²) in [4.78, 5) is 10.7. The van der Waals surface area contributed by atoms with Crippen LogP contribution in [-0.4, -0.2) is 14.5 Å². The predicted molar refractivity (Wildman–Crippen MR) is 256 cm³/mol. The van der Waals surface area contributed by atoms with Gasteiger partial charge in [-0.15, -0.1) is 0 Å². The molecule has 0 spiro atoms. The molecule has 0 bridgehead atoms. The summed E-state index contributed by atoms with van der Waals surface area (Å²) in [5.41, 5.74) is 12.9. The summed E-state index contributed by atoms with van der Waals surface area (Å²) in [6.07, 6.45) is 0. The van der Waals surface area contributed by atoms with Crippen molar-refractivity contribution in [1.29, 1.82) is 0 Å². The molecular weight excluding hydrogens is 739 g/mol. The average molecular weight is 776 g/mol. The van der Waals surface area contributed by atoms with E-state index in [0.29, 0.717) is 5.82 Å². The van der Waals surface area contributed by atoms with Crippen LogP contribution in [0.3, 0.4) is 0 Å². The number of para-hydroxylation sites is 2. The summed E-state index contributed by atoms with van der Waals surface area (Å²) < 4.78 is 2.36. The summed E-state index contributed by atoms with van der Waals surface area (Å²) >= 11 is 0. The quantitative estimate of drug-likeness (QED) is 0.124. The van der Waals surface area contributed by atoms with Gasteiger partial charge in [0, 0.05) is 33.2 Å². The van der Waals surface area contributed by atoms with Crippen molar-refractivity contribution in [2.24, 2.45) is 0 Å². The van der Waals surface area contributed by atoms with Crippen LogP contribution in [-0.2, 0) is 0 Å². The Hall–Kier alpha value is -8.14. The monoisotopic (exact) mass is 775 g/mol. The van der Waals surface area contributed by atoms with E-state index in [1.54, 1.807) is 0 Å². The molecule has 0 radical (unpaired) electrons. The van der Waals surface area contributed by atoms with Crippen LogP contribution in [0.5, 0.6) is 0 Å². The topological polar surface area (TPSA) is 30.7 Å². The van der Waals surface area contributed by atoms with Crippen LogP contribution in [0.2, 0.25) is 0 Å². The van der Waals surface area contributed by atoms with Crippen LogP contribution in [0.1, 0.15) is 0 Å². The van der Waals surface area contributed by atoms with E-state index in [0.717, 1.165) is 56.0 Å². The van der Waals surface area contributed by atoms with Crippen LogP contribution in [0, 0.1) is 0 Å². The van der Waals surface area contributed by atoms with E-state index < -0.39 is 0 Å². The van der Waals surface area contributed by atoms with E-state index in [4.69, 9.17) is 9.97 Å². The second kappa shape index (κ2) is 14.3. The van der Waals surface area contributed by atoms with Gasteiger partial charge in [0.05, 0.1) is 22.4 Å². The van der Waals surface area contributed by atoms with Gasteiger partial charge in [-0.25, -0.2) is 9.97 Å². The molecule has 0 amide bonds. The SMILES string of the molecule is c1ccc(-c2ccccc2-c2cc(-c3ccc4c5ccccc5n(-c5ccccc5)c4c3)nc(-c3ccc(-c4c5ccccc5cc5c4ccc4ccccc45)cc3)n2)cc1. The zero-order valence-electron chi connectivity index (χ0n) is 33.2. The molecule has 0 saturated carbocycles. The van der Waals surface area contributed by atoms with Gasteiger partial charge in [0.25, 0.3) is 0 Å². The van der Waals surface area contributed by atoms with Crippen LogP contribution in [0.25, 0.3) is 116 Å². The Bertz CT molecular complexity index is 3620. The van der Waals surface area contributed by atoms with Crippen molar-refractivity contribution >= 4 is 54.1 Å². The van der Waals surface area contributed by atoms with E-state index in [1.165, 1.54) is 54.2 Å². The molecule has 12 rings (SSSR count). The number of nitrogens with zero attached hydrogens (tertiary/aromatic N) is 3. The number of benzene rings is 10. The molecule has 3 heteroatoms. The Morgan fingerprint density at radius 2 is 0.885 bits per heavy atom. The van der Waals surface area contributed by atoms with Gasteiger partial charge in [-0.3, -0.25) is 0 Å². The highest BCUT2D eigenvalue weighted by Crippen LogP contribution is 2.41. The lowest BCUT2D eigenvalue weighted by Crippen LogP contribution is -1.98. The van der Waals surface area contributed by atoms with Gasteiger partial charge in [-0.1, -0.05) is 188 Å². The highest BCUT2D eigenvalue weighted by Gasteiger charge is 2.18. The summed E-state index contributed by atoms with van der Waals surface area (Å²) in [6, 6.07) is 80.4. The van der Waals surface area contributed by atoms with E-state index in [-0.39, 0.29) is 0 Å². The number of hydrogen-bond acceptors (Lipinski definition) is 2. The van der Waals surface area contributed by atoms with Crippen molar-refractivity contribution in [3.63, 3.8) is 0 Å². The van der Waals surface area contributed by atoms with Gasteiger partial charge < -0.3 is 4.57 Å². The largest absolute Gasteiger partial charge is 0.309 e. The summed E-state index contributed by atoms with van der Waals surface area (Å²) in [5, 5.41) is 9.90. The summed E-state index contributed by atoms with van der Waals surface area (Å²) in [7, 11) is 0. The lowest BCUT2D eigenvalue weighted by Gasteiger charge is -2.15. The van der Waals surface area contributed by atoms with Gasteiger partial charge in [-0.05, 0) is 91.0 Å². The first-order chi connectivity index (χ1) is 30.2. The van der Waals surface area contributed by atoms with Crippen molar-refractivity contribution < 1.29 is 0 Å². The molecule has 12 aromatic rings. The Balaban J connectivity index is 1.05. The Labute approximate surface area is 353 Å². The van der Waals surface area contributed by atoms with E-state index in [9.17, 15) is 0 Å². The molecule has 10 aromatic carbocycles. The molecule has 2 heterocycles. The number of rotatable bonds is 6. The Morgan fingerprint density at radius 3 is 1.70 bits per heavy atom. The number of hydrogen-bond donors (Lipinski definition) is 0. The van der Waals surface area contributed by atoms with Crippen molar-refractivity contribution in [2.75, 3.05) is 0 Å². The molecule has 0 aliphatic heterocycles. The first-order valence-electron chi connectivity index (χ1n) is 20.8. The minimum absolute atomic E-state index is 0.680. The molecule has 0 atom stereocenters. The number of fused-ring (bicyclic) bond motifs is 7. The Kier molecular flexibility index (Phi) is 8.17. The molecule has 61 heavy (non-hydrogen) atoms. The maximum atomic E-state index is 5.38. The van der Waals surface area contributed by atoms with E-state index in [1.807, 2.05) is 0 Å². The fourth-order valence-corrected chi connectivity index (χ4v) is 9.34. The smallest absolute Gasteiger partial charge is 0.160 e. The lowest BCUT2D eigenvalue weighted by atomic mass is 9.89. The number of aromatic nitrogens is 3. The van der Waals surface area contributed by atoms with Gasteiger partial charge in [0.2, 0.25) is 0 Å². The third-order valence-electron chi connectivity index (χ3n) is 12.2. The molecule has 0 N–H and O–H groups in total. The fraction of sp³-hybridized carbons (Fsp3) is 0. The van der Waals surface area contributed by atoms with E-state index >= 15 is 0 Å². The summed E-state index contributed by atoms with van der Waals surface area (Å²) in [6.45, 7) is 0. The molecule has 284 valence electrons. The molecule has 2 aromatic heterocycles. The van der Waals surface area contributed by atoms with Crippen molar-refractivity contribution in [3.8, 4) is 61.8 Å². The molecular formula is C58H37N3. The van der Waals surface area contributed by atoms with Crippen molar-refractivity contribution in [3.05, 3.63) is 224 Å². The maximum absolute atomic E-state index is 5.38. The lowest BCUT2D eigenvalue weighted by molar-refractivity contribution is 1.17. The standard InChI is InChI=1S/C58H37N3/c1-3-15-38(16-4-1)45-21-11-12-24-48(45)54-37-53(43-32-33-50-49-25-13-14-26-55(49)61(56(50)36-43)44-19-5-2-6-20-44)59-58(60-54)41-29-27-40(28-30-41)57-47-23-10-8-18-42(47)35-52-46-22-9-7-17-39(46)31-34-51(52)57/h1-37H. The predicted octanol–water partition coefficient (Wildman–Crippen LogP) is 15.4. The van der Waals surface area contributed by atoms with E-state index in [2.05, 4.69) is 229 Å². The third kappa shape index (κ3) is 5.90. The zero-order valence-corrected chi connectivity index (χ0v) is 33.2. The highest BCUT2D eigenvalue weighted by atomic mass is 15.0. The first kappa shape index (κ1) is 34.9. The van der Waals surface area contributed by atoms with Gasteiger partial charge in [-0.2, -0.15) is 0 Å². The molecule has 0 unspecified atom stereocenters. The van der Waals surface area contributed by atoms with Crippen molar-refractivity contribution in [1.82, 2.24) is 14.5 Å². The highest BCUT2D eigenvalue weighted by molar-refractivity contribution is 6.20. The third-order valence-corrected chi connectivity index (χ3v) is 12.2. The molecule has 0 saturated heterocycles. The molecule has 3 nitrogen and oxygen atoms in total. The second-order valence-electron chi connectivity index (χ2n) is 15.7.